The summed E-state index contributed by atoms with van der Waals surface area (Å²) in [5, 5.41) is 2.73. The van der Waals surface area contributed by atoms with Crippen molar-refractivity contribution in [1.29, 1.82) is 0 Å². The van der Waals surface area contributed by atoms with Gasteiger partial charge in [-0.05, 0) is 12.0 Å². The van der Waals surface area contributed by atoms with E-state index >= 15 is 0 Å². The molecule has 0 aromatic heterocycles. The molecule has 1 aromatic carbocycles. The molecular weight excluding hydrogens is 240 g/mol. The third kappa shape index (κ3) is 3.14. The summed E-state index contributed by atoms with van der Waals surface area (Å²) in [4.78, 5) is 25.6. The summed E-state index contributed by atoms with van der Waals surface area (Å²) < 4.78 is 0. The molecule has 4 nitrogen and oxygen atoms in total. The number of rotatable bonds is 4. The van der Waals surface area contributed by atoms with Crippen molar-refractivity contribution in [3.05, 3.63) is 35.9 Å². The molecule has 1 aliphatic rings. The third-order valence-electron chi connectivity index (χ3n) is 3.08. The zero-order chi connectivity index (χ0) is 13.7. The van der Waals surface area contributed by atoms with Crippen LogP contribution in [0.15, 0.2) is 30.3 Å². The molecule has 1 saturated heterocycles. The Morgan fingerprint density at radius 3 is 2.74 bits per heavy atom. The second-order valence-corrected chi connectivity index (χ2v) is 4.48. The van der Waals surface area contributed by atoms with Crippen LogP contribution in [0.25, 0.3) is 0 Å². The topological polar surface area (TPSA) is 49.4 Å². The van der Waals surface area contributed by atoms with E-state index in [1.54, 1.807) is 4.90 Å². The maximum absolute atomic E-state index is 12.3. The molecule has 4 heteroatoms. The van der Waals surface area contributed by atoms with Crippen molar-refractivity contribution in [1.82, 2.24) is 10.2 Å². The van der Waals surface area contributed by atoms with Crippen LogP contribution < -0.4 is 5.32 Å². The highest BCUT2D eigenvalue weighted by Crippen LogP contribution is 2.19. The van der Waals surface area contributed by atoms with Gasteiger partial charge in [-0.15, -0.1) is 12.3 Å². The number of hydrogen-bond donors (Lipinski definition) is 1. The van der Waals surface area contributed by atoms with Crippen molar-refractivity contribution < 1.29 is 9.59 Å². The van der Waals surface area contributed by atoms with Crippen LogP contribution in [0.1, 0.15) is 24.4 Å². The molecule has 0 aliphatic carbocycles. The molecule has 0 bridgehead atoms. The van der Waals surface area contributed by atoms with E-state index in [-0.39, 0.29) is 18.4 Å². The van der Waals surface area contributed by atoms with E-state index in [0.717, 1.165) is 12.0 Å². The van der Waals surface area contributed by atoms with Crippen molar-refractivity contribution in [2.45, 2.75) is 18.9 Å². The molecule has 0 saturated carbocycles. The zero-order valence-electron chi connectivity index (χ0n) is 10.6. The molecule has 1 atom stereocenters. The van der Waals surface area contributed by atoms with Gasteiger partial charge in [-0.3, -0.25) is 9.59 Å². The molecule has 98 valence electrons. The Kier molecular flexibility index (Phi) is 4.19. The Morgan fingerprint density at radius 1 is 1.32 bits per heavy atom. The van der Waals surface area contributed by atoms with Crippen LogP contribution in [0.3, 0.4) is 0 Å². The Bertz CT molecular complexity index is 505. The summed E-state index contributed by atoms with van der Waals surface area (Å²) in [6.07, 6.45) is 6.52. The Hall–Kier alpha value is -2.28. The van der Waals surface area contributed by atoms with E-state index in [0.29, 0.717) is 13.0 Å². The van der Waals surface area contributed by atoms with Crippen LogP contribution in [-0.4, -0.2) is 29.8 Å². The number of carbonyl (C=O) groups is 2. The zero-order valence-corrected chi connectivity index (χ0v) is 10.6. The summed E-state index contributed by atoms with van der Waals surface area (Å²) in [7, 11) is 0. The van der Waals surface area contributed by atoms with Gasteiger partial charge in [0.05, 0.1) is 6.54 Å². The summed E-state index contributed by atoms with van der Waals surface area (Å²) >= 11 is 0. The van der Waals surface area contributed by atoms with E-state index in [9.17, 15) is 9.59 Å². The lowest BCUT2D eigenvalue weighted by Crippen LogP contribution is -2.53. The van der Waals surface area contributed by atoms with Gasteiger partial charge in [-0.2, -0.15) is 0 Å². The molecule has 1 aromatic rings. The van der Waals surface area contributed by atoms with Gasteiger partial charge < -0.3 is 10.2 Å². The fourth-order valence-electron chi connectivity index (χ4n) is 2.13. The number of nitrogens with zero attached hydrogens (tertiary/aromatic N) is 1. The van der Waals surface area contributed by atoms with Crippen LogP contribution in [0.4, 0.5) is 0 Å². The first kappa shape index (κ1) is 13.2. The minimum atomic E-state index is -0.576. The third-order valence-corrected chi connectivity index (χ3v) is 3.08. The van der Waals surface area contributed by atoms with Gasteiger partial charge in [0.1, 0.15) is 6.04 Å². The molecule has 19 heavy (non-hydrogen) atoms. The van der Waals surface area contributed by atoms with Crippen LogP contribution in [0.5, 0.6) is 0 Å². The number of amides is 2. The number of unbranched alkanes of at least 4 members (excludes halogenated alkanes) is 1. The van der Waals surface area contributed by atoms with Crippen molar-refractivity contribution in [2.75, 3.05) is 13.1 Å². The minimum Gasteiger partial charge on any atom is -0.339 e. The van der Waals surface area contributed by atoms with E-state index in [4.69, 9.17) is 6.42 Å². The van der Waals surface area contributed by atoms with Gasteiger partial charge in [0.15, 0.2) is 0 Å². The van der Waals surface area contributed by atoms with Crippen molar-refractivity contribution >= 4 is 11.8 Å². The second-order valence-electron chi connectivity index (χ2n) is 4.48. The molecule has 2 rings (SSSR count). The Balaban J connectivity index is 2.10. The maximum atomic E-state index is 12.3. The smallest absolute Gasteiger partial charge is 0.250 e. The monoisotopic (exact) mass is 256 g/mol. The van der Waals surface area contributed by atoms with Crippen molar-refractivity contribution in [2.24, 2.45) is 0 Å². The molecule has 0 radical (unpaired) electrons. The van der Waals surface area contributed by atoms with Crippen LogP contribution in [0.2, 0.25) is 0 Å². The molecular formula is C15H16N2O2. The first-order valence-corrected chi connectivity index (χ1v) is 6.29. The lowest BCUT2D eigenvalue weighted by Gasteiger charge is -2.32. The number of piperazine rings is 1. The lowest BCUT2D eigenvalue weighted by molar-refractivity contribution is -0.144. The summed E-state index contributed by atoms with van der Waals surface area (Å²) in [5.74, 6) is 2.34. The van der Waals surface area contributed by atoms with Gasteiger partial charge in [0.2, 0.25) is 11.8 Å². The molecule has 2 amide bonds. The molecule has 1 N–H and O–H groups in total. The molecule has 1 aliphatic heterocycles. The van der Waals surface area contributed by atoms with E-state index in [1.807, 2.05) is 30.3 Å². The number of terminal acetylenes is 1. The summed E-state index contributed by atoms with van der Waals surface area (Å²) in [5.41, 5.74) is 0.808. The SMILES string of the molecule is C#CCCCN1CC(=O)NC(c2ccccc2)C1=O. The predicted molar refractivity (Wildman–Crippen MR) is 72.0 cm³/mol. The van der Waals surface area contributed by atoms with E-state index in [1.165, 1.54) is 0 Å². The van der Waals surface area contributed by atoms with E-state index in [2.05, 4.69) is 11.2 Å². The fourth-order valence-corrected chi connectivity index (χ4v) is 2.13. The van der Waals surface area contributed by atoms with Crippen LogP contribution >= 0.6 is 0 Å². The van der Waals surface area contributed by atoms with Crippen LogP contribution in [-0.2, 0) is 9.59 Å². The first-order valence-electron chi connectivity index (χ1n) is 6.29. The quantitative estimate of drug-likeness (QED) is 0.648. The predicted octanol–water partition coefficient (Wildman–Crippen LogP) is 1.10. The van der Waals surface area contributed by atoms with Gasteiger partial charge >= 0.3 is 0 Å². The van der Waals surface area contributed by atoms with Gasteiger partial charge in [-0.25, -0.2) is 0 Å². The largest absolute Gasteiger partial charge is 0.339 e. The maximum Gasteiger partial charge on any atom is 0.250 e. The Morgan fingerprint density at radius 2 is 2.05 bits per heavy atom. The highest BCUT2D eigenvalue weighted by Gasteiger charge is 2.32. The van der Waals surface area contributed by atoms with Crippen LogP contribution in [0, 0.1) is 12.3 Å². The van der Waals surface area contributed by atoms with Crippen molar-refractivity contribution in [3.8, 4) is 12.3 Å². The number of hydrogen-bond acceptors (Lipinski definition) is 2. The molecule has 1 unspecified atom stereocenters. The standard InChI is InChI=1S/C15H16N2O2/c1-2-3-7-10-17-11-13(18)16-14(15(17)19)12-8-5-4-6-9-12/h1,4-6,8-9,14H,3,7,10-11H2,(H,16,18). The van der Waals surface area contributed by atoms with Gasteiger partial charge in [-0.1, -0.05) is 30.3 Å². The highest BCUT2D eigenvalue weighted by atomic mass is 16.2. The minimum absolute atomic E-state index is 0.0668. The highest BCUT2D eigenvalue weighted by molar-refractivity contribution is 5.95. The Labute approximate surface area is 112 Å². The molecule has 0 spiro atoms. The molecule has 1 fully saturated rings. The average Bonchev–Trinajstić information content (AvgIpc) is 2.43. The average molecular weight is 256 g/mol. The number of nitrogens with one attached hydrogen (secondary N) is 1. The molecule has 1 heterocycles. The number of benzene rings is 1. The fraction of sp³-hybridized carbons (Fsp3) is 0.333. The summed E-state index contributed by atoms with van der Waals surface area (Å²) in [6, 6.07) is 8.69. The first-order chi connectivity index (χ1) is 9.22. The number of carbonyl (C=O) groups excluding carboxylic acids is 2. The second kappa shape index (κ2) is 6.05. The lowest BCUT2D eigenvalue weighted by atomic mass is 10.0. The van der Waals surface area contributed by atoms with E-state index < -0.39 is 6.04 Å². The van der Waals surface area contributed by atoms with Gasteiger partial charge in [0.25, 0.3) is 0 Å². The normalized spacial score (nSPS) is 18.9. The van der Waals surface area contributed by atoms with Crippen molar-refractivity contribution in [3.63, 3.8) is 0 Å². The summed E-state index contributed by atoms with van der Waals surface area (Å²) in [6.45, 7) is 0.645. The van der Waals surface area contributed by atoms with Gasteiger partial charge in [0, 0.05) is 13.0 Å².